The second kappa shape index (κ2) is 7.67. The number of rotatable bonds is 5. The van der Waals surface area contributed by atoms with Gasteiger partial charge in [-0.05, 0) is 55.5 Å². The van der Waals surface area contributed by atoms with Crippen LogP contribution in [0, 0.1) is 6.92 Å². The van der Waals surface area contributed by atoms with Crippen LogP contribution in [0.5, 0.6) is 11.5 Å². The summed E-state index contributed by atoms with van der Waals surface area (Å²) in [5, 5.41) is 12.6. The molecule has 5 aromatic rings. The Labute approximate surface area is 197 Å². The summed E-state index contributed by atoms with van der Waals surface area (Å²) in [6, 6.07) is 11.3. The van der Waals surface area contributed by atoms with Gasteiger partial charge in [0.1, 0.15) is 22.2 Å². The van der Waals surface area contributed by atoms with Crippen LogP contribution in [-0.4, -0.2) is 26.8 Å². The number of aromatic hydroxyl groups is 1. The van der Waals surface area contributed by atoms with Crippen LogP contribution in [0.4, 0.5) is 0 Å². The molecular formula is C25H21N3O3S2. The average molecular weight is 476 g/mol. The molecule has 2 aromatic carbocycles. The van der Waals surface area contributed by atoms with Crippen LogP contribution in [-0.2, 0) is 6.54 Å². The van der Waals surface area contributed by atoms with Gasteiger partial charge in [-0.1, -0.05) is 12.1 Å². The Morgan fingerprint density at radius 3 is 2.79 bits per heavy atom. The van der Waals surface area contributed by atoms with E-state index >= 15 is 0 Å². The largest absolute Gasteiger partial charge is 0.506 e. The smallest absolute Gasteiger partial charge is 0.263 e. The van der Waals surface area contributed by atoms with Crippen molar-refractivity contribution in [3.05, 3.63) is 68.4 Å². The van der Waals surface area contributed by atoms with Crippen molar-refractivity contribution in [3.63, 3.8) is 0 Å². The van der Waals surface area contributed by atoms with E-state index < -0.39 is 0 Å². The predicted molar refractivity (Wildman–Crippen MR) is 133 cm³/mol. The first-order valence-corrected chi connectivity index (χ1v) is 12.4. The topological polar surface area (TPSA) is 77.2 Å². The zero-order valence-electron chi connectivity index (χ0n) is 18.2. The molecule has 1 fully saturated rings. The average Bonchev–Trinajstić information content (AvgIpc) is 3.47. The summed E-state index contributed by atoms with van der Waals surface area (Å²) in [5.41, 5.74) is 2.02. The standard InChI is InChI=1S/C25H21N3O3S2/c1-13-26-11-16(32-13)12-28-23(17-9-8-15(31-2)10-19(17)14-6-7-14)27-24-21(25(28)30)18-4-3-5-20(29)22(18)33-24/h3-5,8-11,14,29H,6-7,12H2,1-2H3. The maximum Gasteiger partial charge on any atom is 0.263 e. The number of thiazole rings is 1. The van der Waals surface area contributed by atoms with Gasteiger partial charge in [-0.2, -0.15) is 0 Å². The first kappa shape index (κ1) is 20.4. The molecule has 3 heterocycles. The third-order valence-electron chi connectivity index (χ3n) is 6.10. The summed E-state index contributed by atoms with van der Waals surface area (Å²) in [7, 11) is 1.67. The van der Waals surface area contributed by atoms with E-state index in [1.807, 2.05) is 31.3 Å². The third-order valence-corrected chi connectivity index (χ3v) is 8.12. The van der Waals surface area contributed by atoms with E-state index in [2.05, 4.69) is 11.1 Å². The Morgan fingerprint density at radius 2 is 2.06 bits per heavy atom. The van der Waals surface area contributed by atoms with E-state index in [-0.39, 0.29) is 11.3 Å². The molecule has 3 aromatic heterocycles. The van der Waals surface area contributed by atoms with E-state index in [4.69, 9.17) is 9.72 Å². The zero-order chi connectivity index (χ0) is 22.7. The normalized spacial score (nSPS) is 13.8. The molecule has 1 aliphatic carbocycles. The molecule has 0 aliphatic heterocycles. The van der Waals surface area contributed by atoms with Gasteiger partial charge in [-0.25, -0.2) is 9.97 Å². The summed E-state index contributed by atoms with van der Waals surface area (Å²) in [5.74, 6) is 2.08. The lowest BCUT2D eigenvalue weighted by atomic mass is 10.0. The fourth-order valence-corrected chi connectivity index (χ4v) is 6.22. The molecule has 6 nitrogen and oxygen atoms in total. The van der Waals surface area contributed by atoms with Gasteiger partial charge in [-0.15, -0.1) is 22.7 Å². The number of benzene rings is 2. The Morgan fingerprint density at radius 1 is 1.21 bits per heavy atom. The molecule has 0 saturated heterocycles. The van der Waals surface area contributed by atoms with Crippen molar-refractivity contribution in [2.75, 3.05) is 7.11 Å². The number of ether oxygens (including phenoxy) is 1. The molecule has 0 bridgehead atoms. The van der Waals surface area contributed by atoms with Crippen molar-refractivity contribution in [1.29, 1.82) is 0 Å². The lowest BCUT2D eigenvalue weighted by Gasteiger charge is -2.16. The van der Waals surface area contributed by atoms with Crippen LogP contribution in [0.15, 0.2) is 47.4 Å². The van der Waals surface area contributed by atoms with Crippen LogP contribution >= 0.6 is 22.7 Å². The van der Waals surface area contributed by atoms with Crippen LogP contribution in [0.2, 0.25) is 0 Å². The highest BCUT2D eigenvalue weighted by molar-refractivity contribution is 7.25. The number of fused-ring (bicyclic) bond motifs is 3. The number of phenols is 1. The number of nitrogens with zero attached hydrogens (tertiary/aromatic N) is 3. The number of aromatic nitrogens is 3. The van der Waals surface area contributed by atoms with Gasteiger partial charge >= 0.3 is 0 Å². The van der Waals surface area contributed by atoms with E-state index in [0.717, 1.165) is 39.4 Å². The Kier molecular flexibility index (Phi) is 4.74. The van der Waals surface area contributed by atoms with E-state index in [0.29, 0.717) is 33.2 Å². The van der Waals surface area contributed by atoms with Gasteiger partial charge in [0.15, 0.2) is 0 Å². The molecule has 0 amide bonds. The lowest BCUT2D eigenvalue weighted by Crippen LogP contribution is -2.23. The van der Waals surface area contributed by atoms with Crippen molar-refractivity contribution in [1.82, 2.24) is 14.5 Å². The van der Waals surface area contributed by atoms with Crippen molar-refractivity contribution < 1.29 is 9.84 Å². The fourth-order valence-electron chi connectivity index (χ4n) is 4.36. The summed E-state index contributed by atoms with van der Waals surface area (Å²) in [6.45, 7) is 2.36. The minimum atomic E-state index is -0.101. The number of hydrogen-bond acceptors (Lipinski definition) is 7. The van der Waals surface area contributed by atoms with Crippen molar-refractivity contribution in [3.8, 4) is 22.9 Å². The van der Waals surface area contributed by atoms with Crippen molar-refractivity contribution in [2.24, 2.45) is 0 Å². The van der Waals surface area contributed by atoms with Crippen LogP contribution in [0.1, 0.15) is 34.2 Å². The molecule has 1 aliphatic rings. The van der Waals surface area contributed by atoms with Crippen molar-refractivity contribution >= 4 is 43.0 Å². The minimum absolute atomic E-state index is 0.101. The SMILES string of the molecule is COc1ccc(-c2nc3sc4c(O)cccc4c3c(=O)n2Cc2cnc(C)s2)c(C2CC2)c1. The maximum absolute atomic E-state index is 13.9. The van der Waals surface area contributed by atoms with E-state index in [1.165, 1.54) is 16.9 Å². The Hall–Kier alpha value is -3.23. The molecule has 1 N–H and O–H groups in total. The van der Waals surface area contributed by atoms with Crippen LogP contribution < -0.4 is 10.3 Å². The maximum atomic E-state index is 13.9. The zero-order valence-corrected chi connectivity index (χ0v) is 19.8. The monoisotopic (exact) mass is 475 g/mol. The van der Waals surface area contributed by atoms with E-state index in [1.54, 1.807) is 35.1 Å². The molecule has 1 saturated carbocycles. The second-order valence-electron chi connectivity index (χ2n) is 8.34. The number of aryl methyl sites for hydroxylation is 1. The number of thiophene rings is 1. The summed E-state index contributed by atoms with van der Waals surface area (Å²) >= 11 is 2.94. The minimum Gasteiger partial charge on any atom is -0.506 e. The van der Waals surface area contributed by atoms with Crippen LogP contribution in [0.3, 0.4) is 0 Å². The van der Waals surface area contributed by atoms with Gasteiger partial charge in [0.2, 0.25) is 0 Å². The Balaban J connectivity index is 1.67. The van der Waals surface area contributed by atoms with Crippen LogP contribution in [0.25, 0.3) is 31.7 Å². The molecule has 0 spiro atoms. The first-order valence-electron chi connectivity index (χ1n) is 10.8. The molecule has 0 atom stereocenters. The molecule has 33 heavy (non-hydrogen) atoms. The highest BCUT2D eigenvalue weighted by atomic mass is 32.1. The van der Waals surface area contributed by atoms with Crippen molar-refractivity contribution in [2.45, 2.75) is 32.2 Å². The Bertz CT molecular complexity index is 1590. The number of phenolic OH excluding ortho intramolecular Hbond substituents is 1. The van der Waals surface area contributed by atoms with Gasteiger partial charge in [0, 0.05) is 22.0 Å². The fraction of sp³-hybridized carbons (Fsp3) is 0.240. The second-order valence-corrected chi connectivity index (χ2v) is 10.7. The summed E-state index contributed by atoms with van der Waals surface area (Å²) in [6.07, 6.45) is 4.07. The number of methoxy groups -OCH3 is 1. The molecule has 0 radical (unpaired) electrons. The highest BCUT2D eigenvalue weighted by Gasteiger charge is 2.29. The summed E-state index contributed by atoms with van der Waals surface area (Å²) < 4.78 is 7.93. The quantitative estimate of drug-likeness (QED) is 0.354. The molecular weight excluding hydrogens is 454 g/mol. The van der Waals surface area contributed by atoms with Gasteiger partial charge in [-0.3, -0.25) is 9.36 Å². The molecule has 166 valence electrons. The summed E-state index contributed by atoms with van der Waals surface area (Å²) in [4.78, 5) is 25.0. The predicted octanol–water partition coefficient (Wildman–Crippen LogP) is 5.68. The van der Waals surface area contributed by atoms with E-state index in [9.17, 15) is 9.90 Å². The first-order chi connectivity index (χ1) is 16.0. The highest BCUT2D eigenvalue weighted by Crippen LogP contribution is 2.46. The number of hydrogen-bond donors (Lipinski definition) is 1. The molecule has 0 unspecified atom stereocenters. The molecule has 6 rings (SSSR count). The lowest BCUT2D eigenvalue weighted by molar-refractivity contribution is 0.414. The van der Waals surface area contributed by atoms with Gasteiger partial charge < -0.3 is 9.84 Å². The molecule has 8 heteroatoms. The van der Waals surface area contributed by atoms with Gasteiger partial charge in [0.05, 0.1) is 28.7 Å². The third kappa shape index (κ3) is 3.41. The van der Waals surface area contributed by atoms with Gasteiger partial charge in [0.25, 0.3) is 5.56 Å².